The molecule has 0 spiro atoms. The topological polar surface area (TPSA) is 77.1 Å². The van der Waals surface area contributed by atoms with Gasteiger partial charge in [-0.2, -0.15) is 0 Å². The molecule has 0 aliphatic rings. The monoisotopic (exact) mass is 266 g/mol. The van der Waals surface area contributed by atoms with E-state index in [2.05, 4.69) is 5.16 Å². The fourth-order valence-electron chi connectivity index (χ4n) is 1.49. The lowest BCUT2D eigenvalue weighted by Gasteiger charge is -2.22. The molecular weight excluding hydrogens is 244 g/mol. The van der Waals surface area contributed by atoms with Crippen LogP contribution in [0, 0.1) is 0 Å². The summed E-state index contributed by atoms with van der Waals surface area (Å²) in [7, 11) is 1.69. The number of nitrogens with two attached hydrogens (primary N) is 1. The summed E-state index contributed by atoms with van der Waals surface area (Å²) in [5.74, 6) is 0.0994. The molecule has 3 N–H and O–H groups in total. The van der Waals surface area contributed by atoms with Crippen LogP contribution in [0.25, 0.3) is 0 Å². The summed E-state index contributed by atoms with van der Waals surface area (Å²) in [5, 5.41) is 11.6. The Labute approximate surface area is 114 Å². The van der Waals surface area contributed by atoms with Crippen molar-refractivity contribution in [1.29, 1.82) is 0 Å². The SMILES string of the molecule is COC(C)(C)CCOCc1cccc(/C(N)=N/O)c1. The Morgan fingerprint density at radius 2 is 2.16 bits per heavy atom. The number of hydrogen-bond acceptors (Lipinski definition) is 4. The van der Waals surface area contributed by atoms with Crippen molar-refractivity contribution >= 4 is 5.84 Å². The third-order valence-electron chi connectivity index (χ3n) is 3.00. The summed E-state index contributed by atoms with van der Waals surface area (Å²) in [4.78, 5) is 0. The Hall–Kier alpha value is -1.59. The Morgan fingerprint density at radius 3 is 2.79 bits per heavy atom. The summed E-state index contributed by atoms with van der Waals surface area (Å²) in [6.45, 7) is 5.16. The maximum Gasteiger partial charge on any atom is 0.170 e. The molecule has 5 heteroatoms. The fourth-order valence-corrected chi connectivity index (χ4v) is 1.49. The van der Waals surface area contributed by atoms with E-state index in [0.717, 1.165) is 12.0 Å². The van der Waals surface area contributed by atoms with Crippen LogP contribution in [-0.4, -0.2) is 30.4 Å². The minimum Gasteiger partial charge on any atom is -0.409 e. The summed E-state index contributed by atoms with van der Waals surface area (Å²) < 4.78 is 10.9. The molecule has 0 aliphatic carbocycles. The van der Waals surface area contributed by atoms with Crippen LogP contribution in [0.1, 0.15) is 31.4 Å². The molecule has 0 fully saturated rings. The van der Waals surface area contributed by atoms with E-state index in [1.165, 1.54) is 0 Å². The molecule has 0 saturated heterocycles. The lowest BCUT2D eigenvalue weighted by atomic mass is 10.1. The first-order valence-corrected chi connectivity index (χ1v) is 6.18. The molecule has 0 aliphatic heterocycles. The van der Waals surface area contributed by atoms with Crippen LogP contribution < -0.4 is 5.73 Å². The first-order chi connectivity index (χ1) is 8.98. The van der Waals surface area contributed by atoms with Gasteiger partial charge < -0.3 is 20.4 Å². The lowest BCUT2D eigenvalue weighted by Crippen LogP contribution is -2.24. The van der Waals surface area contributed by atoms with E-state index in [1.54, 1.807) is 13.2 Å². The van der Waals surface area contributed by atoms with Crippen LogP contribution in [0.3, 0.4) is 0 Å². The van der Waals surface area contributed by atoms with Gasteiger partial charge in [0.15, 0.2) is 5.84 Å². The van der Waals surface area contributed by atoms with Crippen molar-refractivity contribution in [3.05, 3.63) is 35.4 Å². The third-order valence-corrected chi connectivity index (χ3v) is 3.00. The molecule has 1 aromatic carbocycles. The number of hydrogen-bond donors (Lipinski definition) is 2. The molecule has 5 nitrogen and oxygen atoms in total. The highest BCUT2D eigenvalue weighted by molar-refractivity contribution is 5.97. The highest BCUT2D eigenvalue weighted by Crippen LogP contribution is 2.13. The molecule has 0 bridgehead atoms. The second-order valence-electron chi connectivity index (χ2n) is 4.95. The Balaban J connectivity index is 2.46. The molecule has 19 heavy (non-hydrogen) atoms. The van der Waals surface area contributed by atoms with Crippen molar-refractivity contribution in [2.45, 2.75) is 32.5 Å². The van der Waals surface area contributed by atoms with Gasteiger partial charge >= 0.3 is 0 Å². The molecule has 0 radical (unpaired) electrons. The van der Waals surface area contributed by atoms with Gasteiger partial charge in [-0.15, -0.1) is 0 Å². The van der Waals surface area contributed by atoms with Crippen molar-refractivity contribution in [2.75, 3.05) is 13.7 Å². The average molecular weight is 266 g/mol. The Bertz CT molecular complexity index is 430. The maximum absolute atomic E-state index is 8.63. The number of methoxy groups -OCH3 is 1. The van der Waals surface area contributed by atoms with Gasteiger partial charge in [-0.25, -0.2) is 0 Å². The normalized spacial score (nSPS) is 12.7. The summed E-state index contributed by atoms with van der Waals surface area (Å²) in [6, 6.07) is 7.42. The predicted molar refractivity (Wildman–Crippen MR) is 74.3 cm³/mol. The molecule has 0 unspecified atom stereocenters. The van der Waals surface area contributed by atoms with Crippen LogP contribution in [0.15, 0.2) is 29.4 Å². The van der Waals surface area contributed by atoms with Crippen LogP contribution in [-0.2, 0) is 16.1 Å². The van der Waals surface area contributed by atoms with E-state index >= 15 is 0 Å². The van der Waals surface area contributed by atoms with E-state index in [4.69, 9.17) is 20.4 Å². The smallest absolute Gasteiger partial charge is 0.170 e. The molecule has 0 aromatic heterocycles. The summed E-state index contributed by atoms with van der Waals surface area (Å²) in [5.41, 5.74) is 7.03. The second kappa shape index (κ2) is 7.11. The third kappa shape index (κ3) is 5.28. The number of amidine groups is 1. The molecule has 1 aromatic rings. The largest absolute Gasteiger partial charge is 0.409 e. The quantitative estimate of drug-likeness (QED) is 0.260. The van der Waals surface area contributed by atoms with Gasteiger partial charge in [-0.1, -0.05) is 23.4 Å². The van der Waals surface area contributed by atoms with Gasteiger partial charge in [0.25, 0.3) is 0 Å². The zero-order valence-electron chi connectivity index (χ0n) is 11.7. The number of benzene rings is 1. The summed E-state index contributed by atoms with van der Waals surface area (Å²) >= 11 is 0. The average Bonchev–Trinajstić information content (AvgIpc) is 2.43. The molecule has 0 heterocycles. The van der Waals surface area contributed by atoms with Crippen molar-refractivity contribution < 1.29 is 14.7 Å². The first kappa shape index (κ1) is 15.5. The number of ether oxygens (including phenoxy) is 2. The van der Waals surface area contributed by atoms with Crippen molar-refractivity contribution in [1.82, 2.24) is 0 Å². The van der Waals surface area contributed by atoms with Crippen molar-refractivity contribution in [2.24, 2.45) is 10.9 Å². The van der Waals surface area contributed by atoms with E-state index < -0.39 is 0 Å². The number of nitrogens with zero attached hydrogens (tertiary/aromatic N) is 1. The van der Waals surface area contributed by atoms with Gasteiger partial charge in [0, 0.05) is 19.3 Å². The van der Waals surface area contributed by atoms with Crippen molar-refractivity contribution in [3.8, 4) is 0 Å². The highest BCUT2D eigenvalue weighted by Gasteiger charge is 2.15. The molecule has 0 atom stereocenters. The highest BCUT2D eigenvalue weighted by atomic mass is 16.5. The van der Waals surface area contributed by atoms with Crippen LogP contribution in [0.5, 0.6) is 0 Å². The van der Waals surface area contributed by atoms with E-state index in [0.29, 0.717) is 18.8 Å². The minimum atomic E-state index is -0.171. The standard InChI is InChI=1S/C14H22N2O3/c1-14(2,18-3)7-8-19-10-11-5-4-6-12(9-11)13(15)16-17/h4-6,9,17H,7-8,10H2,1-3H3,(H2,15,16). The first-order valence-electron chi connectivity index (χ1n) is 6.18. The lowest BCUT2D eigenvalue weighted by molar-refractivity contribution is -0.0124. The molecule has 0 saturated carbocycles. The van der Waals surface area contributed by atoms with E-state index in [-0.39, 0.29) is 11.4 Å². The van der Waals surface area contributed by atoms with Crippen LogP contribution in [0.4, 0.5) is 0 Å². The van der Waals surface area contributed by atoms with Gasteiger partial charge in [0.1, 0.15) is 0 Å². The van der Waals surface area contributed by atoms with Crippen molar-refractivity contribution in [3.63, 3.8) is 0 Å². The predicted octanol–water partition coefficient (Wildman–Crippen LogP) is 2.11. The van der Waals surface area contributed by atoms with Gasteiger partial charge in [0.2, 0.25) is 0 Å². The minimum absolute atomic E-state index is 0.0994. The summed E-state index contributed by atoms with van der Waals surface area (Å²) in [6.07, 6.45) is 0.823. The fraction of sp³-hybridized carbons (Fsp3) is 0.500. The molecule has 106 valence electrons. The van der Waals surface area contributed by atoms with Gasteiger partial charge in [0.05, 0.1) is 12.2 Å². The molecule has 1 rings (SSSR count). The Kier molecular flexibility index (Phi) is 5.79. The second-order valence-corrected chi connectivity index (χ2v) is 4.95. The zero-order chi connectivity index (χ0) is 14.3. The number of rotatable bonds is 7. The molecular formula is C14H22N2O3. The zero-order valence-corrected chi connectivity index (χ0v) is 11.7. The Morgan fingerprint density at radius 1 is 1.42 bits per heavy atom. The van der Waals surface area contributed by atoms with E-state index in [9.17, 15) is 0 Å². The van der Waals surface area contributed by atoms with Gasteiger partial charge in [-0.3, -0.25) is 0 Å². The maximum atomic E-state index is 8.63. The van der Waals surface area contributed by atoms with Gasteiger partial charge in [-0.05, 0) is 31.9 Å². The van der Waals surface area contributed by atoms with Crippen LogP contribution >= 0.6 is 0 Å². The molecule has 0 amide bonds. The van der Waals surface area contributed by atoms with E-state index in [1.807, 2.05) is 32.0 Å². The number of oxime groups is 1. The van der Waals surface area contributed by atoms with Crippen LogP contribution in [0.2, 0.25) is 0 Å².